The maximum atomic E-state index is 12.9. The standard InChI is InChI=1S/C24H21N5O4/c1-33-19-5-2-16(3-6-19)12-22(30)28-20-14-26-21-7-4-18(15-29(21)24(20)32)23(31)27-13-17-8-10-25-11-9-17/h2-11,14-15H,12-13H2,1H3,(H,27,31)(H,28,30). The van der Waals surface area contributed by atoms with Crippen LogP contribution in [0.1, 0.15) is 21.5 Å². The van der Waals surface area contributed by atoms with Gasteiger partial charge in [0.25, 0.3) is 11.5 Å². The Morgan fingerprint density at radius 2 is 1.76 bits per heavy atom. The molecule has 0 saturated heterocycles. The molecule has 4 aromatic rings. The molecule has 3 aromatic heterocycles. The van der Waals surface area contributed by atoms with E-state index in [-0.39, 0.29) is 23.9 Å². The summed E-state index contributed by atoms with van der Waals surface area (Å²) in [6.07, 6.45) is 6.10. The van der Waals surface area contributed by atoms with Crippen molar-refractivity contribution in [2.75, 3.05) is 12.4 Å². The Kier molecular flexibility index (Phi) is 6.40. The Bertz CT molecular complexity index is 1350. The number of ether oxygens (including phenoxy) is 1. The first-order chi connectivity index (χ1) is 16.0. The summed E-state index contributed by atoms with van der Waals surface area (Å²) in [5.74, 6) is -0.00317. The van der Waals surface area contributed by atoms with Crippen LogP contribution in [-0.4, -0.2) is 33.3 Å². The molecule has 0 aliphatic carbocycles. The molecule has 0 spiro atoms. The van der Waals surface area contributed by atoms with Gasteiger partial charge in [-0.05, 0) is 47.5 Å². The van der Waals surface area contributed by atoms with Crippen LogP contribution in [0.2, 0.25) is 0 Å². The first kappa shape index (κ1) is 21.7. The van der Waals surface area contributed by atoms with Crippen LogP contribution in [0.25, 0.3) is 5.65 Å². The van der Waals surface area contributed by atoms with Gasteiger partial charge >= 0.3 is 0 Å². The van der Waals surface area contributed by atoms with E-state index in [0.717, 1.165) is 11.1 Å². The summed E-state index contributed by atoms with van der Waals surface area (Å²) < 4.78 is 6.35. The number of aromatic nitrogens is 3. The number of carbonyl (C=O) groups excluding carboxylic acids is 2. The van der Waals surface area contributed by atoms with E-state index >= 15 is 0 Å². The third-order valence-corrected chi connectivity index (χ3v) is 4.96. The van der Waals surface area contributed by atoms with Gasteiger partial charge in [-0.3, -0.25) is 23.8 Å². The summed E-state index contributed by atoms with van der Waals surface area (Å²) in [7, 11) is 1.57. The molecule has 1 aromatic carbocycles. The topological polar surface area (TPSA) is 115 Å². The molecular weight excluding hydrogens is 422 g/mol. The van der Waals surface area contributed by atoms with Crippen LogP contribution in [0, 0.1) is 0 Å². The predicted octanol–water partition coefficient (Wildman–Crippen LogP) is 2.21. The molecule has 0 radical (unpaired) electrons. The lowest BCUT2D eigenvalue weighted by Crippen LogP contribution is -2.26. The minimum Gasteiger partial charge on any atom is -0.497 e. The summed E-state index contributed by atoms with van der Waals surface area (Å²) >= 11 is 0. The normalized spacial score (nSPS) is 10.6. The van der Waals surface area contributed by atoms with Gasteiger partial charge in [0.15, 0.2) is 0 Å². The van der Waals surface area contributed by atoms with Gasteiger partial charge in [0.1, 0.15) is 17.1 Å². The number of rotatable bonds is 7. The number of nitrogens with zero attached hydrogens (tertiary/aromatic N) is 3. The Morgan fingerprint density at radius 1 is 1.00 bits per heavy atom. The van der Waals surface area contributed by atoms with Crippen LogP contribution in [0.4, 0.5) is 5.69 Å². The van der Waals surface area contributed by atoms with Gasteiger partial charge in [0.2, 0.25) is 5.91 Å². The molecule has 0 fully saturated rings. The van der Waals surface area contributed by atoms with Gasteiger partial charge < -0.3 is 15.4 Å². The fourth-order valence-electron chi connectivity index (χ4n) is 3.20. The highest BCUT2D eigenvalue weighted by Crippen LogP contribution is 2.12. The van der Waals surface area contributed by atoms with E-state index in [4.69, 9.17) is 4.74 Å². The number of benzene rings is 1. The molecule has 33 heavy (non-hydrogen) atoms. The second kappa shape index (κ2) is 9.73. The third-order valence-electron chi connectivity index (χ3n) is 4.96. The molecule has 0 unspecified atom stereocenters. The van der Waals surface area contributed by atoms with E-state index in [1.165, 1.54) is 16.8 Å². The van der Waals surface area contributed by atoms with E-state index in [1.807, 2.05) is 0 Å². The minimum absolute atomic E-state index is 0.0281. The lowest BCUT2D eigenvalue weighted by atomic mass is 10.1. The highest BCUT2D eigenvalue weighted by atomic mass is 16.5. The van der Waals surface area contributed by atoms with Crippen molar-refractivity contribution in [2.24, 2.45) is 0 Å². The molecule has 0 aliphatic rings. The summed E-state index contributed by atoms with van der Waals surface area (Å²) in [6.45, 7) is 0.327. The summed E-state index contributed by atoms with van der Waals surface area (Å²) in [6, 6.07) is 13.8. The lowest BCUT2D eigenvalue weighted by Gasteiger charge is -2.09. The van der Waals surface area contributed by atoms with Crippen LogP contribution in [0.3, 0.4) is 0 Å². The largest absolute Gasteiger partial charge is 0.497 e. The van der Waals surface area contributed by atoms with Crippen molar-refractivity contribution in [2.45, 2.75) is 13.0 Å². The van der Waals surface area contributed by atoms with Crippen molar-refractivity contribution in [3.05, 3.63) is 100 Å². The van der Waals surface area contributed by atoms with Crippen molar-refractivity contribution >= 4 is 23.1 Å². The molecule has 9 heteroatoms. The fourth-order valence-corrected chi connectivity index (χ4v) is 3.20. The molecule has 0 saturated carbocycles. The number of pyridine rings is 2. The van der Waals surface area contributed by atoms with Gasteiger partial charge in [0, 0.05) is 25.1 Å². The highest BCUT2D eigenvalue weighted by molar-refractivity contribution is 5.94. The summed E-state index contributed by atoms with van der Waals surface area (Å²) in [4.78, 5) is 46.0. The monoisotopic (exact) mass is 443 g/mol. The summed E-state index contributed by atoms with van der Waals surface area (Å²) in [5, 5.41) is 5.40. The van der Waals surface area contributed by atoms with Crippen LogP contribution < -0.4 is 20.9 Å². The molecule has 2 N–H and O–H groups in total. The van der Waals surface area contributed by atoms with Gasteiger partial charge in [-0.1, -0.05) is 12.1 Å². The smallest absolute Gasteiger partial charge is 0.281 e. The zero-order valence-electron chi connectivity index (χ0n) is 17.8. The molecule has 9 nitrogen and oxygen atoms in total. The number of hydrogen-bond donors (Lipinski definition) is 2. The number of hydrogen-bond acceptors (Lipinski definition) is 6. The van der Waals surface area contributed by atoms with Crippen LogP contribution in [0.15, 0.2) is 78.1 Å². The van der Waals surface area contributed by atoms with Crippen molar-refractivity contribution in [3.8, 4) is 5.75 Å². The van der Waals surface area contributed by atoms with Gasteiger partial charge in [-0.2, -0.15) is 0 Å². The van der Waals surface area contributed by atoms with Crippen molar-refractivity contribution in [1.29, 1.82) is 0 Å². The molecule has 2 amide bonds. The minimum atomic E-state index is -0.480. The second-order valence-corrected chi connectivity index (χ2v) is 7.23. The predicted molar refractivity (Wildman–Crippen MR) is 122 cm³/mol. The number of methoxy groups -OCH3 is 1. The molecule has 166 valence electrons. The van der Waals surface area contributed by atoms with Crippen molar-refractivity contribution in [3.63, 3.8) is 0 Å². The fraction of sp³-hybridized carbons (Fsp3) is 0.125. The van der Waals surface area contributed by atoms with Crippen LogP contribution >= 0.6 is 0 Å². The van der Waals surface area contributed by atoms with Crippen LogP contribution in [-0.2, 0) is 17.8 Å². The first-order valence-corrected chi connectivity index (χ1v) is 10.1. The number of fused-ring (bicyclic) bond motifs is 1. The Labute approximate surface area is 189 Å². The molecule has 3 heterocycles. The van der Waals surface area contributed by atoms with Gasteiger partial charge in [0.05, 0.1) is 25.3 Å². The first-order valence-electron chi connectivity index (χ1n) is 10.1. The number of amides is 2. The van der Waals surface area contributed by atoms with Gasteiger partial charge in [-0.15, -0.1) is 0 Å². The second-order valence-electron chi connectivity index (χ2n) is 7.23. The van der Waals surface area contributed by atoms with E-state index in [1.54, 1.807) is 68.0 Å². The maximum absolute atomic E-state index is 12.9. The van der Waals surface area contributed by atoms with E-state index < -0.39 is 5.56 Å². The van der Waals surface area contributed by atoms with E-state index in [9.17, 15) is 14.4 Å². The molecule has 0 bridgehead atoms. The average Bonchev–Trinajstić information content (AvgIpc) is 2.85. The number of carbonyl (C=O) groups is 2. The Morgan fingerprint density at radius 3 is 2.48 bits per heavy atom. The van der Waals surface area contributed by atoms with Crippen molar-refractivity contribution < 1.29 is 14.3 Å². The third kappa shape index (κ3) is 5.21. The van der Waals surface area contributed by atoms with E-state index in [0.29, 0.717) is 23.5 Å². The zero-order valence-corrected chi connectivity index (χ0v) is 17.8. The van der Waals surface area contributed by atoms with Crippen LogP contribution in [0.5, 0.6) is 5.75 Å². The quantitative estimate of drug-likeness (QED) is 0.453. The maximum Gasteiger partial charge on any atom is 0.281 e. The summed E-state index contributed by atoms with van der Waals surface area (Å²) in [5.41, 5.74) is 1.88. The highest BCUT2D eigenvalue weighted by Gasteiger charge is 2.12. The molecule has 0 aliphatic heterocycles. The Hall–Kier alpha value is -4.53. The van der Waals surface area contributed by atoms with E-state index in [2.05, 4.69) is 20.6 Å². The van der Waals surface area contributed by atoms with Gasteiger partial charge in [-0.25, -0.2) is 4.98 Å². The zero-order chi connectivity index (χ0) is 23.2. The molecular formula is C24H21N5O4. The average molecular weight is 443 g/mol. The number of anilines is 1. The SMILES string of the molecule is COc1ccc(CC(=O)Nc2cnc3ccc(C(=O)NCc4ccncc4)cn3c2=O)cc1. The lowest BCUT2D eigenvalue weighted by molar-refractivity contribution is -0.115. The Balaban J connectivity index is 1.49. The molecule has 4 rings (SSSR count). The van der Waals surface area contributed by atoms with Crippen molar-refractivity contribution in [1.82, 2.24) is 19.7 Å². The molecule has 0 atom stereocenters. The number of nitrogens with one attached hydrogen (secondary N) is 2.